The maximum atomic E-state index is 12.8. The summed E-state index contributed by atoms with van der Waals surface area (Å²) in [5, 5.41) is 5.31. The molecule has 0 saturated heterocycles. The minimum atomic E-state index is -3.87. The lowest BCUT2D eigenvalue weighted by molar-refractivity contribution is -0.0467. The number of carbonyl (C=O) groups is 1. The summed E-state index contributed by atoms with van der Waals surface area (Å²) in [6.07, 6.45) is 2.79. The number of nitrogens with two attached hydrogens (primary N) is 1. The number of benzene rings is 2. The minimum Gasteiger partial charge on any atom is -0.480 e. The van der Waals surface area contributed by atoms with Gasteiger partial charge in [-0.1, -0.05) is 0 Å². The van der Waals surface area contributed by atoms with E-state index in [1.165, 1.54) is 55.0 Å². The molecular formula is C21H20N6O5S. The van der Waals surface area contributed by atoms with E-state index in [-0.39, 0.29) is 16.8 Å². The van der Waals surface area contributed by atoms with Crippen LogP contribution in [0.3, 0.4) is 0 Å². The Bertz CT molecular complexity index is 1250. The smallest absolute Gasteiger partial charge is 0.276 e. The van der Waals surface area contributed by atoms with Crippen molar-refractivity contribution >= 4 is 33.8 Å². The Morgan fingerprint density at radius 1 is 1.06 bits per heavy atom. The van der Waals surface area contributed by atoms with Crippen molar-refractivity contribution in [3.8, 4) is 5.75 Å². The van der Waals surface area contributed by atoms with Crippen molar-refractivity contribution < 1.29 is 22.7 Å². The molecule has 2 atom stereocenters. The molecule has 4 rings (SSSR count). The van der Waals surface area contributed by atoms with Crippen molar-refractivity contribution in [1.82, 2.24) is 15.0 Å². The lowest BCUT2D eigenvalue weighted by Gasteiger charge is -2.25. The van der Waals surface area contributed by atoms with Gasteiger partial charge in [0.1, 0.15) is 5.75 Å². The summed E-state index contributed by atoms with van der Waals surface area (Å²) in [6, 6.07) is 13.8. The maximum absolute atomic E-state index is 12.8. The summed E-state index contributed by atoms with van der Waals surface area (Å²) >= 11 is 0. The lowest BCUT2D eigenvalue weighted by atomic mass is 10.2. The predicted molar refractivity (Wildman–Crippen MR) is 120 cm³/mol. The molecule has 2 unspecified atom stereocenters. The van der Waals surface area contributed by atoms with Crippen molar-refractivity contribution in [3.63, 3.8) is 0 Å². The van der Waals surface area contributed by atoms with Crippen molar-refractivity contribution in [2.45, 2.75) is 17.2 Å². The van der Waals surface area contributed by atoms with Gasteiger partial charge in [0.25, 0.3) is 15.9 Å². The predicted octanol–water partition coefficient (Wildman–Crippen LogP) is 1.72. The molecule has 1 aliphatic rings. The number of anilines is 2. The summed E-state index contributed by atoms with van der Waals surface area (Å²) in [5.41, 5.74) is 6.61. The first-order valence-electron chi connectivity index (χ1n) is 9.70. The number of rotatable bonds is 7. The number of aromatic nitrogens is 2. The van der Waals surface area contributed by atoms with Gasteiger partial charge in [-0.2, -0.15) is 10.1 Å². The fourth-order valence-electron chi connectivity index (χ4n) is 3.05. The number of nitrogens with zero attached hydrogens (tertiary/aromatic N) is 4. The van der Waals surface area contributed by atoms with Gasteiger partial charge in [-0.3, -0.25) is 4.79 Å². The van der Waals surface area contributed by atoms with Crippen molar-refractivity contribution in [3.05, 3.63) is 72.6 Å². The Morgan fingerprint density at radius 3 is 2.36 bits per heavy atom. The van der Waals surface area contributed by atoms with Gasteiger partial charge in [-0.05, 0) is 54.6 Å². The van der Waals surface area contributed by atoms with Crippen LogP contribution in [0.25, 0.3) is 0 Å². The van der Waals surface area contributed by atoms with Gasteiger partial charge in [0, 0.05) is 30.8 Å². The SMILES string of the molecule is COC1C(Oc2ccc(S(=O)(=O)Nc3ncccn3)cc2)C=NN1C(=O)c1ccc(N)cc1. The highest BCUT2D eigenvalue weighted by molar-refractivity contribution is 7.92. The Kier molecular flexibility index (Phi) is 6.20. The van der Waals surface area contributed by atoms with Crippen LogP contribution in [0.2, 0.25) is 0 Å². The number of nitrogens with one attached hydrogen (secondary N) is 1. The molecule has 0 radical (unpaired) electrons. The first-order chi connectivity index (χ1) is 15.9. The molecule has 3 N–H and O–H groups in total. The zero-order valence-corrected chi connectivity index (χ0v) is 18.2. The second kappa shape index (κ2) is 9.22. The molecule has 12 heteroatoms. The fraction of sp³-hybridized carbons (Fsp3) is 0.143. The summed E-state index contributed by atoms with van der Waals surface area (Å²) in [7, 11) is -2.43. The Balaban J connectivity index is 1.44. The van der Waals surface area contributed by atoms with Gasteiger partial charge in [-0.15, -0.1) is 0 Å². The molecule has 1 aromatic heterocycles. The zero-order valence-electron chi connectivity index (χ0n) is 17.4. The largest absolute Gasteiger partial charge is 0.480 e. The van der Waals surface area contributed by atoms with E-state index in [0.29, 0.717) is 17.0 Å². The molecule has 170 valence electrons. The Labute approximate surface area is 189 Å². The van der Waals surface area contributed by atoms with Gasteiger partial charge in [0.05, 0.1) is 11.1 Å². The van der Waals surface area contributed by atoms with E-state index < -0.39 is 22.4 Å². The quantitative estimate of drug-likeness (QED) is 0.498. The monoisotopic (exact) mass is 468 g/mol. The van der Waals surface area contributed by atoms with Gasteiger partial charge in [-0.25, -0.2) is 23.1 Å². The van der Waals surface area contributed by atoms with E-state index in [0.717, 1.165) is 0 Å². The van der Waals surface area contributed by atoms with Gasteiger partial charge < -0.3 is 15.2 Å². The molecule has 3 aromatic rings. The average molecular weight is 468 g/mol. The molecule has 0 bridgehead atoms. The molecule has 11 nitrogen and oxygen atoms in total. The van der Waals surface area contributed by atoms with E-state index in [1.54, 1.807) is 30.3 Å². The normalized spacial score (nSPS) is 17.7. The number of nitrogen functional groups attached to an aromatic ring is 1. The molecular weight excluding hydrogens is 448 g/mol. The van der Waals surface area contributed by atoms with Crippen LogP contribution >= 0.6 is 0 Å². The van der Waals surface area contributed by atoms with Crippen LogP contribution in [-0.2, 0) is 14.8 Å². The lowest BCUT2D eigenvalue weighted by Crippen LogP contribution is -2.43. The van der Waals surface area contributed by atoms with Crippen LogP contribution in [0.5, 0.6) is 5.75 Å². The van der Waals surface area contributed by atoms with Crippen molar-refractivity contribution in [2.75, 3.05) is 17.6 Å². The van der Waals surface area contributed by atoms with Crippen LogP contribution in [-0.4, -0.2) is 55.0 Å². The van der Waals surface area contributed by atoms with Crippen LogP contribution in [0.15, 0.2) is 77.0 Å². The van der Waals surface area contributed by atoms with Crippen LogP contribution < -0.4 is 15.2 Å². The van der Waals surface area contributed by atoms with Crippen LogP contribution in [0.1, 0.15) is 10.4 Å². The first kappa shape index (κ1) is 22.2. The molecule has 2 aromatic carbocycles. The summed E-state index contributed by atoms with van der Waals surface area (Å²) in [4.78, 5) is 20.5. The molecule has 0 spiro atoms. The summed E-state index contributed by atoms with van der Waals surface area (Å²) < 4.78 is 38.6. The Hall–Kier alpha value is -4.03. The number of amides is 1. The molecule has 0 aliphatic carbocycles. The molecule has 1 aliphatic heterocycles. The maximum Gasteiger partial charge on any atom is 0.276 e. The number of hydrogen-bond acceptors (Lipinski definition) is 9. The number of hydrazone groups is 1. The van der Waals surface area contributed by atoms with E-state index in [4.69, 9.17) is 15.2 Å². The third-order valence-electron chi connectivity index (χ3n) is 4.66. The van der Waals surface area contributed by atoms with Gasteiger partial charge in [0.15, 0.2) is 12.3 Å². The standard InChI is InChI=1S/C21H20N6O5S/c1-31-20-18(13-25-27(20)19(28)14-3-5-15(22)6-4-14)32-16-7-9-17(10-8-16)33(29,30)26-21-23-11-2-12-24-21/h2-13,18,20H,22H2,1H3,(H,23,24,26). The van der Waals surface area contributed by atoms with E-state index in [2.05, 4.69) is 19.8 Å². The number of hydrogen-bond donors (Lipinski definition) is 2. The van der Waals surface area contributed by atoms with Gasteiger partial charge in [0.2, 0.25) is 5.95 Å². The molecule has 33 heavy (non-hydrogen) atoms. The average Bonchev–Trinajstić information content (AvgIpc) is 3.22. The van der Waals surface area contributed by atoms with E-state index in [1.807, 2.05) is 0 Å². The highest BCUT2D eigenvalue weighted by Crippen LogP contribution is 2.24. The van der Waals surface area contributed by atoms with Crippen molar-refractivity contribution in [1.29, 1.82) is 0 Å². The topological polar surface area (TPSA) is 149 Å². The zero-order chi connectivity index (χ0) is 23.4. The van der Waals surface area contributed by atoms with E-state index in [9.17, 15) is 13.2 Å². The fourth-order valence-corrected chi connectivity index (χ4v) is 4.01. The number of methoxy groups -OCH3 is 1. The van der Waals surface area contributed by atoms with E-state index >= 15 is 0 Å². The highest BCUT2D eigenvalue weighted by atomic mass is 32.2. The van der Waals surface area contributed by atoms with Gasteiger partial charge >= 0.3 is 0 Å². The minimum absolute atomic E-state index is 0.00541. The first-order valence-corrected chi connectivity index (χ1v) is 11.2. The molecule has 2 heterocycles. The Morgan fingerprint density at radius 2 is 1.73 bits per heavy atom. The number of carbonyl (C=O) groups excluding carboxylic acids is 1. The van der Waals surface area contributed by atoms with Crippen molar-refractivity contribution in [2.24, 2.45) is 5.10 Å². The van der Waals surface area contributed by atoms with Crippen LogP contribution in [0.4, 0.5) is 11.6 Å². The molecule has 1 amide bonds. The third kappa shape index (κ3) is 4.91. The highest BCUT2D eigenvalue weighted by Gasteiger charge is 2.37. The number of sulfonamides is 1. The molecule has 0 saturated carbocycles. The van der Waals surface area contributed by atoms with Crippen LogP contribution in [0, 0.1) is 0 Å². The number of ether oxygens (including phenoxy) is 2. The third-order valence-corrected chi connectivity index (χ3v) is 6.01. The second-order valence-electron chi connectivity index (χ2n) is 6.89. The summed E-state index contributed by atoms with van der Waals surface area (Å²) in [6.45, 7) is 0. The second-order valence-corrected chi connectivity index (χ2v) is 8.58. The summed E-state index contributed by atoms with van der Waals surface area (Å²) in [5.74, 6) is -0.0427. The molecule has 0 fully saturated rings.